The van der Waals surface area contributed by atoms with E-state index in [9.17, 15) is 10.1 Å². The molecule has 4 rings (SSSR count). The third-order valence-electron chi connectivity index (χ3n) is 5.89. The van der Waals surface area contributed by atoms with Gasteiger partial charge in [-0.25, -0.2) is 0 Å². The first-order valence-corrected chi connectivity index (χ1v) is 12.4. The second-order valence-electron chi connectivity index (χ2n) is 8.29. The maximum atomic E-state index is 13.1. The molecule has 0 bridgehead atoms. The van der Waals surface area contributed by atoms with Crippen LogP contribution in [0.5, 0.6) is 5.75 Å². The highest BCUT2D eigenvalue weighted by molar-refractivity contribution is 8.00. The zero-order chi connectivity index (χ0) is 24.0. The van der Waals surface area contributed by atoms with Gasteiger partial charge in [-0.15, -0.1) is 10.2 Å². The molecule has 1 aliphatic carbocycles. The zero-order valence-corrected chi connectivity index (χ0v) is 20.2. The van der Waals surface area contributed by atoms with Crippen LogP contribution in [0.3, 0.4) is 0 Å². The molecule has 0 aliphatic heterocycles. The lowest BCUT2D eigenvalue weighted by Gasteiger charge is -2.32. The number of pyridine rings is 1. The minimum atomic E-state index is -0.778. The molecule has 0 radical (unpaired) electrons. The lowest BCUT2D eigenvalue weighted by atomic mass is 9.83. The molecule has 1 N–H and O–H groups in total. The summed E-state index contributed by atoms with van der Waals surface area (Å²) in [4.78, 5) is 17.3. The number of nitrogens with zero attached hydrogens (tertiary/aromatic N) is 5. The standard InChI is InChI=1S/C25H28N6O2S/c1-3-33-21-12-6-5-11-20(21)31-22(19-10-9-15-27-16-19)29-30-24(31)34-18(2)23(32)28-25(17-26)13-7-4-8-14-25/h5-6,9-12,15-16,18H,3-4,7-8,13-14H2,1-2H3,(H,28,32). The summed E-state index contributed by atoms with van der Waals surface area (Å²) in [6, 6.07) is 13.8. The van der Waals surface area contributed by atoms with Gasteiger partial charge in [0.1, 0.15) is 11.3 Å². The molecule has 0 spiro atoms. The quantitative estimate of drug-likeness (QED) is 0.475. The molecule has 1 unspecified atom stereocenters. The first kappa shape index (κ1) is 23.8. The number of nitrogens with one attached hydrogen (secondary N) is 1. The van der Waals surface area contributed by atoms with Crippen molar-refractivity contribution < 1.29 is 9.53 Å². The monoisotopic (exact) mass is 476 g/mol. The van der Waals surface area contributed by atoms with Gasteiger partial charge in [-0.1, -0.05) is 43.2 Å². The van der Waals surface area contributed by atoms with Gasteiger partial charge in [0.15, 0.2) is 11.0 Å². The van der Waals surface area contributed by atoms with Crippen molar-refractivity contribution in [2.75, 3.05) is 6.61 Å². The van der Waals surface area contributed by atoms with Crippen molar-refractivity contribution in [3.05, 3.63) is 48.8 Å². The fourth-order valence-electron chi connectivity index (χ4n) is 4.13. The van der Waals surface area contributed by atoms with Crippen molar-refractivity contribution in [2.24, 2.45) is 0 Å². The van der Waals surface area contributed by atoms with Crippen molar-refractivity contribution in [2.45, 2.75) is 61.9 Å². The smallest absolute Gasteiger partial charge is 0.234 e. The molecule has 1 aromatic carbocycles. The summed E-state index contributed by atoms with van der Waals surface area (Å²) in [7, 11) is 0. The van der Waals surface area contributed by atoms with E-state index in [1.807, 2.05) is 54.8 Å². The van der Waals surface area contributed by atoms with Gasteiger partial charge >= 0.3 is 0 Å². The number of thioether (sulfide) groups is 1. The molecule has 8 nitrogen and oxygen atoms in total. The Hall–Kier alpha value is -3.38. The van der Waals surface area contributed by atoms with Crippen LogP contribution in [0.15, 0.2) is 53.9 Å². The predicted octanol–water partition coefficient (Wildman–Crippen LogP) is 4.55. The van der Waals surface area contributed by atoms with Gasteiger partial charge < -0.3 is 10.1 Å². The van der Waals surface area contributed by atoms with Crippen LogP contribution in [0, 0.1) is 11.3 Å². The first-order chi connectivity index (χ1) is 16.6. The maximum absolute atomic E-state index is 13.1. The molecule has 1 aliphatic rings. The minimum Gasteiger partial charge on any atom is -0.492 e. The number of carbonyl (C=O) groups is 1. The third-order valence-corrected chi connectivity index (χ3v) is 6.94. The van der Waals surface area contributed by atoms with Crippen molar-refractivity contribution in [1.29, 1.82) is 5.26 Å². The molecule has 0 saturated heterocycles. The molecule has 34 heavy (non-hydrogen) atoms. The lowest BCUT2D eigenvalue weighted by Crippen LogP contribution is -2.50. The van der Waals surface area contributed by atoms with E-state index in [-0.39, 0.29) is 5.91 Å². The molecule has 1 saturated carbocycles. The summed E-state index contributed by atoms with van der Waals surface area (Å²) < 4.78 is 7.77. The number of amides is 1. The molecule has 1 amide bonds. The molecule has 1 atom stereocenters. The van der Waals surface area contributed by atoms with Crippen LogP contribution in [0.2, 0.25) is 0 Å². The van der Waals surface area contributed by atoms with Crippen molar-refractivity contribution in [3.63, 3.8) is 0 Å². The summed E-state index contributed by atoms with van der Waals surface area (Å²) in [5.41, 5.74) is 0.806. The molecule has 2 heterocycles. The minimum absolute atomic E-state index is 0.177. The van der Waals surface area contributed by atoms with Crippen molar-refractivity contribution in [1.82, 2.24) is 25.1 Å². The molecule has 9 heteroatoms. The first-order valence-electron chi connectivity index (χ1n) is 11.5. The van der Waals surface area contributed by atoms with Crippen molar-refractivity contribution in [3.8, 4) is 28.9 Å². The Bertz CT molecular complexity index is 1170. The van der Waals surface area contributed by atoms with E-state index in [1.54, 1.807) is 12.4 Å². The van der Waals surface area contributed by atoms with Gasteiger partial charge in [-0.05, 0) is 51.0 Å². The van der Waals surface area contributed by atoms with Crippen LogP contribution in [0.25, 0.3) is 17.1 Å². The Morgan fingerprint density at radius 3 is 2.74 bits per heavy atom. The van der Waals surface area contributed by atoms with E-state index in [0.29, 0.717) is 36.2 Å². The van der Waals surface area contributed by atoms with Gasteiger partial charge in [0, 0.05) is 18.0 Å². The van der Waals surface area contributed by atoms with Crippen molar-refractivity contribution >= 4 is 17.7 Å². The number of rotatable bonds is 8. The lowest BCUT2D eigenvalue weighted by molar-refractivity contribution is -0.121. The summed E-state index contributed by atoms with van der Waals surface area (Å²) in [5, 5.41) is 21.7. The fourth-order valence-corrected chi connectivity index (χ4v) is 4.99. The Kier molecular flexibility index (Phi) is 7.48. The van der Waals surface area contributed by atoms with Gasteiger partial charge in [-0.2, -0.15) is 5.26 Å². The molecular weight excluding hydrogens is 448 g/mol. The second-order valence-corrected chi connectivity index (χ2v) is 9.60. The number of ether oxygens (including phenoxy) is 1. The van der Waals surface area contributed by atoms with Gasteiger partial charge in [0.25, 0.3) is 0 Å². The highest BCUT2D eigenvalue weighted by atomic mass is 32.2. The normalized spacial score (nSPS) is 15.8. The van der Waals surface area contributed by atoms with Crippen LogP contribution in [0.1, 0.15) is 46.0 Å². The Morgan fingerprint density at radius 1 is 1.24 bits per heavy atom. The average Bonchev–Trinajstić information content (AvgIpc) is 3.29. The van der Waals surface area contributed by atoms with E-state index in [2.05, 4.69) is 26.6 Å². The highest BCUT2D eigenvalue weighted by Crippen LogP contribution is 2.34. The number of carbonyl (C=O) groups excluding carboxylic acids is 1. The summed E-state index contributed by atoms with van der Waals surface area (Å²) >= 11 is 1.31. The molecular formula is C25H28N6O2S. The van der Waals surface area contributed by atoms with Gasteiger partial charge in [0.05, 0.1) is 23.6 Å². The van der Waals surface area contributed by atoms with E-state index in [1.165, 1.54) is 11.8 Å². The topological polar surface area (TPSA) is 106 Å². The average molecular weight is 477 g/mol. The molecule has 2 aromatic heterocycles. The SMILES string of the molecule is CCOc1ccccc1-n1c(SC(C)C(=O)NC2(C#N)CCCCC2)nnc1-c1cccnc1. The predicted molar refractivity (Wildman–Crippen MR) is 131 cm³/mol. The largest absolute Gasteiger partial charge is 0.492 e. The number of aromatic nitrogens is 4. The van der Waals surface area contributed by atoms with Gasteiger partial charge in [-0.3, -0.25) is 14.3 Å². The van der Waals surface area contributed by atoms with E-state index < -0.39 is 10.8 Å². The van der Waals surface area contributed by atoms with Crippen LogP contribution in [-0.2, 0) is 4.79 Å². The second kappa shape index (κ2) is 10.7. The molecule has 3 aromatic rings. The third kappa shape index (κ3) is 5.07. The molecule has 176 valence electrons. The summed E-state index contributed by atoms with van der Waals surface area (Å²) in [6.07, 6.45) is 7.82. The zero-order valence-electron chi connectivity index (χ0n) is 19.4. The Morgan fingerprint density at radius 2 is 2.03 bits per heavy atom. The number of hydrogen-bond donors (Lipinski definition) is 1. The van der Waals surface area contributed by atoms with E-state index in [4.69, 9.17) is 4.74 Å². The maximum Gasteiger partial charge on any atom is 0.234 e. The van der Waals surface area contributed by atoms with Crippen LogP contribution >= 0.6 is 11.8 Å². The van der Waals surface area contributed by atoms with E-state index in [0.717, 1.165) is 30.5 Å². The number of benzene rings is 1. The Balaban J connectivity index is 1.67. The van der Waals surface area contributed by atoms with Crippen LogP contribution < -0.4 is 10.1 Å². The van der Waals surface area contributed by atoms with Crippen LogP contribution in [0.4, 0.5) is 0 Å². The van der Waals surface area contributed by atoms with Gasteiger partial charge in [0.2, 0.25) is 5.91 Å². The summed E-state index contributed by atoms with van der Waals surface area (Å²) in [6.45, 7) is 4.27. The van der Waals surface area contributed by atoms with Crippen LogP contribution in [-0.4, -0.2) is 43.1 Å². The number of nitriles is 1. The fraction of sp³-hybridized carbons (Fsp3) is 0.400. The Labute approximate surface area is 203 Å². The highest BCUT2D eigenvalue weighted by Gasteiger charge is 2.35. The molecule has 1 fully saturated rings. The number of hydrogen-bond acceptors (Lipinski definition) is 7. The number of para-hydroxylation sites is 2. The van der Waals surface area contributed by atoms with E-state index >= 15 is 0 Å². The summed E-state index contributed by atoms with van der Waals surface area (Å²) in [5.74, 6) is 1.12.